The van der Waals surface area contributed by atoms with Crippen LogP contribution in [0.3, 0.4) is 0 Å². The monoisotopic (exact) mass is 277 g/mol. The first kappa shape index (κ1) is 15.6. The molecule has 3 unspecified atom stereocenters. The van der Waals surface area contributed by atoms with Gasteiger partial charge in [0.1, 0.15) is 5.82 Å². The largest absolute Gasteiger partial charge is 0.338 e. The van der Waals surface area contributed by atoms with Crippen LogP contribution in [0.25, 0.3) is 0 Å². The van der Waals surface area contributed by atoms with Gasteiger partial charge >= 0.3 is 0 Å². The summed E-state index contributed by atoms with van der Waals surface area (Å²) in [6, 6.07) is 0. The van der Waals surface area contributed by atoms with Crippen molar-refractivity contribution in [3.63, 3.8) is 0 Å². The van der Waals surface area contributed by atoms with Crippen molar-refractivity contribution in [3.05, 3.63) is 18.2 Å². The molecule has 1 fully saturated rings. The van der Waals surface area contributed by atoms with Crippen LogP contribution in [0.4, 0.5) is 0 Å². The van der Waals surface area contributed by atoms with Gasteiger partial charge in [-0.1, -0.05) is 26.7 Å². The van der Waals surface area contributed by atoms with Gasteiger partial charge in [-0.15, -0.1) is 0 Å². The Balaban J connectivity index is 1.96. The fourth-order valence-electron chi connectivity index (χ4n) is 3.61. The normalized spacial score (nSPS) is 26.9. The molecule has 1 N–H and O–H groups in total. The van der Waals surface area contributed by atoms with Gasteiger partial charge in [-0.3, -0.25) is 0 Å². The summed E-state index contributed by atoms with van der Waals surface area (Å²) in [5, 5.41) is 3.63. The maximum absolute atomic E-state index is 4.53. The van der Waals surface area contributed by atoms with E-state index in [1.54, 1.807) is 0 Å². The maximum Gasteiger partial charge on any atom is 0.108 e. The first-order valence-corrected chi connectivity index (χ1v) is 8.41. The summed E-state index contributed by atoms with van der Waals surface area (Å²) in [6.07, 6.45) is 11.9. The molecule has 0 radical (unpaired) electrons. The zero-order valence-electron chi connectivity index (χ0n) is 13.4. The molecule has 114 valence electrons. The van der Waals surface area contributed by atoms with Crippen LogP contribution in [0.15, 0.2) is 12.4 Å². The highest BCUT2D eigenvalue weighted by Crippen LogP contribution is 2.36. The highest BCUT2D eigenvalue weighted by Gasteiger charge is 2.30. The summed E-state index contributed by atoms with van der Waals surface area (Å²) in [4.78, 5) is 4.53. The Labute approximate surface area is 124 Å². The van der Waals surface area contributed by atoms with E-state index < -0.39 is 0 Å². The number of hydrogen-bond donors (Lipinski definition) is 1. The van der Waals surface area contributed by atoms with Crippen LogP contribution in [0.2, 0.25) is 0 Å². The first-order valence-electron chi connectivity index (χ1n) is 8.41. The quantitative estimate of drug-likeness (QED) is 0.774. The Morgan fingerprint density at radius 3 is 2.80 bits per heavy atom. The first-order chi connectivity index (χ1) is 9.74. The lowest BCUT2D eigenvalue weighted by atomic mass is 9.71. The molecule has 1 aromatic rings. The minimum Gasteiger partial charge on any atom is -0.338 e. The fraction of sp³-hybridized carbons (Fsp3) is 0.824. The van der Waals surface area contributed by atoms with Crippen LogP contribution in [-0.4, -0.2) is 22.6 Å². The van der Waals surface area contributed by atoms with Gasteiger partial charge in [0.25, 0.3) is 0 Å². The van der Waals surface area contributed by atoms with Gasteiger partial charge in [0, 0.05) is 25.9 Å². The second-order valence-electron chi connectivity index (χ2n) is 6.47. The molecule has 20 heavy (non-hydrogen) atoms. The Kier molecular flexibility index (Phi) is 6.08. The number of nitrogens with one attached hydrogen (secondary N) is 1. The fourth-order valence-corrected chi connectivity index (χ4v) is 3.61. The smallest absolute Gasteiger partial charge is 0.108 e. The lowest BCUT2D eigenvalue weighted by Gasteiger charge is -2.36. The third kappa shape index (κ3) is 4.08. The average molecular weight is 277 g/mol. The summed E-state index contributed by atoms with van der Waals surface area (Å²) in [5.74, 6) is 3.83. The molecule has 1 aliphatic rings. The molecule has 1 aromatic heterocycles. The van der Waals surface area contributed by atoms with Crippen LogP contribution < -0.4 is 5.32 Å². The number of imidazole rings is 1. The van der Waals surface area contributed by atoms with Crippen molar-refractivity contribution in [2.24, 2.45) is 24.8 Å². The average Bonchev–Trinajstić information content (AvgIpc) is 2.86. The van der Waals surface area contributed by atoms with Gasteiger partial charge in [0.15, 0.2) is 0 Å². The van der Waals surface area contributed by atoms with E-state index in [1.165, 1.54) is 44.5 Å². The molecule has 3 nitrogen and oxygen atoms in total. The van der Waals surface area contributed by atoms with Crippen molar-refractivity contribution in [2.45, 2.75) is 52.4 Å². The second kappa shape index (κ2) is 7.82. The number of nitrogens with zero attached hydrogens (tertiary/aromatic N) is 2. The van der Waals surface area contributed by atoms with Crippen molar-refractivity contribution in [1.29, 1.82) is 0 Å². The summed E-state index contributed by atoms with van der Waals surface area (Å²) < 4.78 is 2.19. The van der Waals surface area contributed by atoms with Gasteiger partial charge in [0.2, 0.25) is 0 Å². The molecule has 1 saturated carbocycles. The van der Waals surface area contributed by atoms with E-state index in [4.69, 9.17) is 0 Å². The topological polar surface area (TPSA) is 29.9 Å². The summed E-state index contributed by atoms with van der Waals surface area (Å²) in [7, 11) is 2.12. The minimum absolute atomic E-state index is 0.805. The van der Waals surface area contributed by atoms with E-state index in [-0.39, 0.29) is 0 Å². The molecule has 1 aliphatic carbocycles. The van der Waals surface area contributed by atoms with Crippen molar-refractivity contribution >= 4 is 0 Å². The van der Waals surface area contributed by atoms with E-state index in [0.717, 1.165) is 30.7 Å². The molecule has 0 amide bonds. The van der Waals surface area contributed by atoms with Crippen LogP contribution in [-0.2, 0) is 13.5 Å². The van der Waals surface area contributed by atoms with E-state index >= 15 is 0 Å². The van der Waals surface area contributed by atoms with Crippen LogP contribution in [0.5, 0.6) is 0 Å². The standard InChI is InChI=1S/C17H31N3/c1-4-8-18-13-15-7-6-14(5-2)11-16(15)12-17-19-9-10-20(17)3/h9-10,14-16,18H,4-8,11-13H2,1-3H3. The number of hydrogen-bond acceptors (Lipinski definition) is 2. The van der Waals surface area contributed by atoms with Crippen molar-refractivity contribution in [3.8, 4) is 0 Å². The molecular formula is C17H31N3. The Hall–Kier alpha value is -0.830. The zero-order valence-corrected chi connectivity index (χ0v) is 13.4. The van der Waals surface area contributed by atoms with E-state index in [9.17, 15) is 0 Å². The maximum atomic E-state index is 4.53. The highest BCUT2D eigenvalue weighted by atomic mass is 15.0. The van der Waals surface area contributed by atoms with Crippen molar-refractivity contribution in [2.75, 3.05) is 13.1 Å². The molecule has 3 heteroatoms. The summed E-state index contributed by atoms with van der Waals surface area (Å²) >= 11 is 0. The lowest BCUT2D eigenvalue weighted by molar-refractivity contribution is 0.169. The van der Waals surface area contributed by atoms with E-state index in [0.29, 0.717) is 0 Å². The number of rotatable bonds is 7. The molecule has 2 rings (SSSR count). The molecule has 0 spiro atoms. The van der Waals surface area contributed by atoms with Crippen LogP contribution in [0.1, 0.15) is 51.8 Å². The molecule has 1 heterocycles. The molecule has 3 atom stereocenters. The second-order valence-corrected chi connectivity index (χ2v) is 6.47. The predicted octanol–water partition coefficient (Wildman–Crippen LogP) is 3.40. The van der Waals surface area contributed by atoms with Gasteiger partial charge < -0.3 is 9.88 Å². The van der Waals surface area contributed by atoms with Crippen LogP contribution in [0, 0.1) is 17.8 Å². The summed E-state index contributed by atoms with van der Waals surface area (Å²) in [5.41, 5.74) is 0. The highest BCUT2D eigenvalue weighted by molar-refractivity contribution is 4.95. The van der Waals surface area contributed by atoms with Gasteiger partial charge in [-0.05, 0) is 50.1 Å². The Morgan fingerprint density at radius 1 is 1.30 bits per heavy atom. The molecule has 0 bridgehead atoms. The van der Waals surface area contributed by atoms with E-state index in [1.807, 2.05) is 6.20 Å². The Bertz CT molecular complexity index is 383. The van der Waals surface area contributed by atoms with Gasteiger partial charge in [-0.25, -0.2) is 4.98 Å². The molecule has 0 aliphatic heterocycles. The van der Waals surface area contributed by atoms with Crippen LogP contribution >= 0.6 is 0 Å². The van der Waals surface area contributed by atoms with Crippen molar-refractivity contribution in [1.82, 2.24) is 14.9 Å². The van der Waals surface area contributed by atoms with Crippen molar-refractivity contribution < 1.29 is 0 Å². The third-order valence-corrected chi connectivity index (χ3v) is 5.02. The Morgan fingerprint density at radius 2 is 2.15 bits per heavy atom. The predicted molar refractivity (Wildman–Crippen MR) is 84.7 cm³/mol. The number of aromatic nitrogens is 2. The lowest BCUT2D eigenvalue weighted by Crippen LogP contribution is -2.34. The third-order valence-electron chi connectivity index (χ3n) is 5.02. The zero-order chi connectivity index (χ0) is 14.4. The SMILES string of the molecule is CCCNCC1CCC(CC)CC1Cc1nccn1C. The minimum atomic E-state index is 0.805. The number of aryl methyl sites for hydroxylation is 1. The van der Waals surface area contributed by atoms with Gasteiger partial charge in [0.05, 0.1) is 0 Å². The molecular weight excluding hydrogens is 246 g/mol. The summed E-state index contributed by atoms with van der Waals surface area (Å²) in [6.45, 7) is 6.94. The van der Waals surface area contributed by atoms with Gasteiger partial charge in [-0.2, -0.15) is 0 Å². The van der Waals surface area contributed by atoms with E-state index in [2.05, 4.69) is 42.0 Å². The molecule has 0 saturated heterocycles. The molecule has 0 aromatic carbocycles.